The Bertz CT molecular complexity index is 218. The summed E-state index contributed by atoms with van der Waals surface area (Å²) < 4.78 is 4.84. The van der Waals surface area contributed by atoms with Gasteiger partial charge in [-0.2, -0.15) is 0 Å². The highest BCUT2D eigenvalue weighted by Crippen LogP contribution is 2.42. The fourth-order valence-corrected chi connectivity index (χ4v) is 1.32. The first-order valence-corrected chi connectivity index (χ1v) is 4.11. The molecule has 0 aromatic heterocycles. The Kier molecular flexibility index (Phi) is 2.22. The molecule has 0 radical (unpaired) electrons. The van der Waals surface area contributed by atoms with Gasteiger partial charge in [-0.1, -0.05) is 13.8 Å². The van der Waals surface area contributed by atoms with E-state index < -0.39 is 0 Å². The van der Waals surface area contributed by atoms with Gasteiger partial charge in [-0.25, -0.2) is 0 Å². The third-order valence-corrected chi connectivity index (χ3v) is 2.66. The fraction of sp³-hybridized carbons (Fsp3) is 0.778. The smallest absolute Gasteiger partial charge is 0.302 e. The van der Waals surface area contributed by atoms with Gasteiger partial charge in [0, 0.05) is 24.7 Å². The molecule has 12 heavy (non-hydrogen) atoms. The maximum Gasteiger partial charge on any atom is 0.302 e. The van der Waals surface area contributed by atoms with Crippen molar-refractivity contribution >= 4 is 11.8 Å². The van der Waals surface area contributed by atoms with Crippen LogP contribution >= 0.6 is 0 Å². The van der Waals surface area contributed by atoms with Gasteiger partial charge < -0.3 is 4.74 Å². The Morgan fingerprint density at radius 1 is 1.67 bits per heavy atom. The first kappa shape index (κ1) is 9.23. The van der Waals surface area contributed by atoms with E-state index in [1.54, 1.807) is 0 Å². The number of esters is 1. The molecule has 0 aromatic carbocycles. The highest BCUT2D eigenvalue weighted by Gasteiger charge is 2.47. The van der Waals surface area contributed by atoms with Gasteiger partial charge in [0.1, 0.15) is 5.78 Å². The van der Waals surface area contributed by atoms with Gasteiger partial charge >= 0.3 is 5.97 Å². The molecule has 1 saturated carbocycles. The van der Waals surface area contributed by atoms with Crippen molar-refractivity contribution in [2.24, 2.45) is 11.3 Å². The quantitative estimate of drug-likeness (QED) is 0.584. The molecule has 1 atom stereocenters. The fourth-order valence-electron chi connectivity index (χ4n) is 1.32. The van der Waals surface area contributed by atoms with Crippen molar-refractivity contribution in [3.63, 3.8) is 0 Å². The molecule has 3 heteroatoms. The molecule has 1 aliphatic rings. The lowest BCUT2D eigenvalue weighted by molar-refractivity contribution is -0.155. The van der Waals surface area contributed by atoms with Crippen molar-refractivity contribution in [1.82, 2.24) is 0 Å². The first-order valence-electron chi connectivity index (χ1n) is 4.11. The van der Waals surface area contributed by atoms with Crippen LogP contribution in [0.25, 0.3) is 0 Å². The van der Waals surface area contributed by atoms with E-state index in [4.69, 9.17) is 4.74 Å². The Labute approximate surface area is 72.1 Å². The van der Waals surface area contributed by atoms with Crippen LogP contribution in [0.3, 0.4) is 0 Å². The average molecular weight is 170 g/mol. The highest BCUT2D eigenvalue weighted by atomic mass is 16.5. The van der Waals surface area contributed by atoms with Crippen LogP contribution in [-0.4, -0.2) is 18.4 Å². The van der Waals surface area contributed by atoms with Crippen molar-refractivity contribution in [3.05, 3.63) is 0 Å². The molecule has 1 aliphatic carbocycles. The Balaban J connectivity index is 2.37. The summed E-state index contributed by atoms with van der Waals surface area (Å²) in [7, 11) is 0. The molecule has 3 nitrogen and oxygen atoms in total. The summed E-state index contributed by atoms with van der Waals surface area (Å²) in [6.45, 7) is 5.56. The predicted molar refractivity (Wildman–Crippen MR) is 43.5 cm³/mol. The monoisotopic (exact) mass is 170 g/mol. The van der Waals surface area contributed by atoms with Crippen LogP contribution in [0, 0.1) is 11.3 Å². The van der Waals surface area contributed by atoms with Crippen molar-refractivity contribution in [2.45, 2.75) is 27.2 Å². The second-order valence-electron chi connectivity index (χ2n) is 3.85. The molecule has 0 aromatic rings. The standard InChI is InChI=1S/C9H14O3/c1-6(10)12-5-7-4-8(11)9(7,2)3/h7H,4-5H2,1-3H3. The molecular formula is C9H14O3. The zero-order chi connectivity index (χ0) is 9.35. The van der Waals surface area contributed by atoms with Gasteiger partial charge in [-0.3, -0.25) is 9.59 Å². The van der Waals surface area contributed by atoms with Gasteiger partial charge in [-0.05, 0) is 0 Å². The first-order chi connectivity index (χ1) is 5.44. The lowest BCUT2D eigenvalue weighted by Crippen LogP contribution is -2.47. The summed E-state index contributed by atoms with van der Waals surface area (Å²) in [5, 5.41) is 0. The summed E-state index contributed by atoms with van der Waals surface area (Å²) >= 11 is 0. The minimum absolute atomic E-state index is 0.217. The van der Waals surface area contributed by atoms with E-state index in [2.05, 4.69) is 0 Å². The predicted octanol–water partition coefficient (Wildman–Crippen LogP) is 1.16. The summed E-state index contributed by atoms with van der Waals surface area (Å²) in [6, 6.07) is 0. The number of rotatable bonds is 2. The van der Waals surface area contributed by atoms with Crippen LogP contribution in [0.1, 0.15) is 27.2 Å². The molecule has 1 unspecified atom stereocenters. The van der Waals surface area contributed by atoms with Crippen molar-refractivity contribution < 1.29 is 14.3 Å². The number of ketones is 1. The van der Waals surface area contributed by atoms with Crippen LogP contribution in [0.5, 0.6) is 0 Å². The van der Waals surface area contributed by atoms with Gasteiger partial charge in [0.2, 0.25) is 0 Å². The van der Waals surface area contributed by atoms with Crippen molar-refractivity contribution in [2.75, 3.05) is 6.61 Å². The Hall–Kier alpha value is -0.860. The van der Waals surface area contributed by atoms with E-state index >= 15 is 0 Å². The van der Waals surface area contributed by atoms with Gasteiger partial charge in [-0.15, -0.1) is 0 Å². The lowest BCUT2D eigenvalue weighted by atomic mass is 9.62. The summed E-state index contributed by atoms with van der Waals surface area (Å²) in [4.78, 5) is 21.5. The molecule has 0 amide bonds. The largest absolute Gasteiger partial charge is 0.466 e. The van der Waals surface area contributed by atoms with E-state index in [1.165, 1.54) is 6.92 Å². The van der Waals surface area contributed by atoms with Gasteiger partial charge in [0.15, 0.2) is 0 Å². The molecule has 0 saturated heterocycles. The number of ether oxygens (including phenoxy) is 1. The van der Waals surface area contributed by atoms with E-state index in [9.17, 15) is 9.59 Å². The highest BCUT2D eigenvalue weighted by molar-refractivity contribution is 5.90. The average Bonchev–Trinajstić information content (AvgIpc) is 1.97. The van der Waals surface area contributed by atoms with E-state index in [0.29, 0.717) is 13.0 Å². The van der Waals surface area contributed by atoms with Crippen LogP contribution in [0.2, 0.25) is 0 Å². The molecule has 0 N–H and O–H groups in total. The summed E-state index contributed by atoms with van der Waals surface area (Å²) in [5.74, 6) is 0.207. The number of carbonyl (C=O) groups excluding carboxylic acids is 2. The maximum atomic E-state index is 11.1. The zero-order valence-electron chi connectivity index (χ0n) is 7.72. The molecule has 0 spiro atoms. The number of Topliss-reactive ketones (excluding diaryl/α,β-unsaturated/α-hetero) is 1. The normalized spacial score (nSPS) is 26.2. The van der Waals surface area contributed by atoms with Crippen LogP contribution in [0.4, 0.5) is 0 Å². The molecule has 1 fully saturated rings. The SMILES string of the molecule is CC(=O)OCC1CC(=O)C1(C)C. The van der Waals surface area contributed by atoms with Crippen LogP contribution in [-0.2, 0) is 14.3 Å². The topological polar surface area (TPSA) is 43.4 Å². The molecular weight excluding hydrogens is 156 g/mol. The summed E-state index contributed by atoms with van der Waals surface area (Å²) in [5.41, 5.74) is -0.282. The second-order valence-corrected chi connectivity index (χ2v) is 3.85. The van der Waals surface area contributed by atoms with Crippen LogP contribution < -0.4 is 0 Å². The van der Waals surface area contributed by atoms with Crippen molar-refractivity contribution in [3.8, 4) is 0 Å². The molecule has 0 heterocycles. The Morgan fingerprint density at radius 3 is 2.58 bits per heavy atom. The Morgan fingerprint density at radius 2 is 2.25 bits per heavy atom. The molecule has 0 aliphatic heterocycles. The minimum Gasteiger partial charge on any atom is -0.466 e. The maximum absolute atomic E-state index is 11.1. The number of hydrogen-bond acceptors (Lipinski definition) is 3. The zero-order valence-corrected chi connectivity index (χ0v) is 7.72. The number of carbonyl (C=O) groups is 2. The number of hydrogen-bond donors (Lipinski definition) is 0. The summed E-state index contributed by atoms with van der Waals surface area (Å²) in [6.07, 6.45) is 0.556. The molecule has 68 valence electrons. The molecule has 1 rings (SSSR count). The minimum atomic E-state index is -0.282. The molecule has 0 bridgehead atoms. The second kappa shape index (κ2) is 2.88. The van der Waals surface area contributed by atoms with Gasteiger partial charge in [0.25, 0.3) is 0 Å². The van der Waals surface area contributed by atoms with Crippen molar-refractivity contribution in [1.29, 1.82) is 0 Å². The van der Waals surface area contributed by atoms with E-state index in [-0.39, 0.29) is 23.1 Å². The third-order valence-electron chi connectivity index (χ3n) is 2.66. The van der Waals surface area contributed by atoms with E-state index in [1.807, 2.05) is 13.8 Å². The van der Waals surface area contributed by atoms with Crippen LogP contribution in [0.15, 0.2) is 0 Å². The third kappa shape index (κ3) is 1.49. The van der Waals surface area contributed by atoms with E-state index in [0.717, 1.165) is 0 Å². The van der Waals surface area contributed by atoms with Gasteiger partial charge in [0.05, 0.1) is 6.61 Å². The lowest BCUT2D eigenvalue weighted by Gasteiger charge is -2.41.